The van der Waals surface area contributed by atoms with E-state index in [1.54, 1.807) is 20.4 Å². The van der Waals surface area contributed by atoms with Gasteiger partial charge in [0.2, 0.25) is 0 Å². The monoisotopic (exact) mass is 414 g/mol. The van der Waals surface area contributed by atoms with Crippen LogP contribution >= 0.6 is 31.9 Å². The number of ether oxygens (including phenoxy) is 2. The highest BCUT2D eigenvalue weighted by Gasteiger charge is 2.09. The van der Waals surface area contributed by atoms with Gasteiger partial charge in [0.15, 0.2) is 11.5 Å². The van der Waals surface area contributed by atoms with Gasteiger partial charge in [0.1, 0.15) is 4.60 Å². The first-order chi connectivity index (χ1) is 10.0. The Morgan fingerprint density at radius 3 is 2.38 bits per heavy atom. The van der Waals surface area contributed by atoms with Crippen LogP contribution in [0.25, 0.3) is 0 Å². The maximum Gasteiger partial charge on any atom is 0.161 e. The van der Waals surface area contributed by atoms with E-state index in [0.29, 0.717) is 18.0 Å². The topological polar surface area (TPSA) is 43.4 Å². The van der Waals surface area contributed by atoms with Crippen molar-refractivity contribution in [3.05, 3.63) is 44.6 Å². The van der Waals surface area contributed by atoms with Gasteiger partial charge >= 0.3 is 0 Å². The lowest BCUT2D eigenvalue weighted by Gasteiger charge is -2.13. The number of methoxy groups -OCH3 is 2. The van der Waals surface area contributed by atoms with Crippen LogP contribution in [-0.2, 0) is 6.54 Å². The van der Waals surface area contributed by atoms with E-state index < -0.39 is 0 Å². The summed E-state index contributed by atoms with van der Waals surface area (Å²) < 4.78 is 12.4. The zero-order chi connectivity index (χ0) is 15.4. The summed E-state index contributed by atoms with van der Waals surface area (Å²) >= 11 is 6.95. The quantitative estimate of drug-likeness (QED) is 0.727. The number of halogens is 2. The van der Waals surface area contributed by atoms with Crippen molar-refractivity contribution >= 4 is 37.5 Å². The molecule has 0 saturated heterocycles. The van der Waals surface area contributed by atoms with Crippen molar-refractivity contribution in [3.8, 4) is 11.5 Å². The standard InChI is InChI=1S/C15H16Br2N2O2/c1-9-4-11(8-19-15(9)17)18-7-10-5-13(20-2)14(21-3)6-12(10)16/h4-6,8,18H,7H2,1-3H3. The number of hydrogen-bond donors (Lipinski definition) is 1. The highest BCUT2D eigenvalue weighted by Crippen LogP contribution is 2.33. The molecule has 1 aromatic heterocycles. The lowest BCUT2D eigenvalue weighted by Crippen LogP contribution is -2.02. The Labute approximate surface area is 141 Å². The lowest BCUT2D eigenvalue weighted by molar-refractivity contribution is 0.354. The number of nitrogens with zero attached hydrogens (tertiary/aromatic N) is 1. The van der Waals surface area contributed by atoms with E-state index >= 15 is 0 Å². The van der Waals surface area contributed by atoms with Crippen LogP contribution in [0.1, 0.15) is 11.1 Å². The van der Waals surface area contributed by atoms with E-state index in [1.807, 2.05) is 25.1 Å². The molecule has 112 valence electrons. The molecular weight excluding hydrogens is 400 g/mol. The molecule has 2 aromatic rings. The van der Waals surface area contributed by atoms with Gasteiger partial charge in [-0.05, 0) is 52.2 Å². The molecule has 4 nitrogen and oxygen atoms in total. The molecule has 0 aliphatic carbocycles. The summed E-state index contributed by atoms with van der Waals surface area (Å²) in [6, 6.07) is 5.90. The van der Waals surface area contributed by atoms with E-state index in [1.165, 1.54) is 0 Å². The molecule has 0 aliphatic heterocycles. The highest BCUT2D eigenvalue weighted by atomic mass is 79.9. The van der Waals surface area contributed by atoms with Crippen molar-refractivity contribution in [2.24, 2.45) is 0 Å². The molecule has 0 saturated carbocycles. The largest absolute Gasteiger partial charge is 0.493 e. The van der Waals surface area contributed by atoms with Gasteiger partial charge in [-0.2, -0.15) is 0 Å². The minimum absolute atomic E-state index is 0.656. The van der Waals surface area contributed by atoms with Crippen molar-refractivity contribution in [2.75, 3.05) is 19.5 Å². The van der Waals surface area contributed by atoms with E-state index in [-0.39, 0.29) is 0 Å². The Morgan fingerprint density at radius 2 is 1.76 bits per heavy atom. The van der Waals surface area contributed by atoms with Crippen LogP contribution in [0.15, 0.2) is 33.5 Å². The Morgan fingerprint density at radius 1 is 1.10 bits per heavy atom. The average molecular weight is 416 g/mol. The Hall–Kier alpha value is -1.27. The fraction of sp³-hybridized carbons (Fsp3) is 0.267. The van der Waals surface area contributed by atoms with Gasteiger partial charge in [-0.15, -0.1) is 0 Å². The van der Waals surface area contributed by atoms with Crippen molar-refractivity contribution in [3.63, 3.8) is 0 Å². The number of nitrogens with one attached hydrogen (secondary N) is 1. The van der Waals surface area contributed by atoms with Crippen molar-refractivity contribution in [1.29, 1.82) is 0 Å². The zero-order valence-corrected chi connectivity index (χ0v) is 15.2. The predicted octanol–water partition coefficient (Wildman–Crippen LogP) is 4.54. The van der Waals surface area contributed by atoms with Crippen molar-refractivity contribution < 1.29 is 9.47 Å². The van der Waals surface area contributed by atoms with Crippen molar-refractivity contribution in [1.82, 2.24) is 4.98 Å². The molecule has 1 heterocycles. The molecule has 1 aromatic carbocycles. The molecule has 1 N–H and O–H groups in total. The van der Waals surface area contributed by atoms with Gasteiger partial charge < -0.3 is 14.8 Å². The van der Waals surface area contributed by atoms with Crippen LogP contribution < -0.4 is 14.8 Å². The summed E-state index contributed by atoms with van der Waals surface area (Å²) in [6.45, 7) is 2.66. The fourth-order valence-electron chi connectivity index (χ4n) is 1.88. The molecule has 0 spiro atoms. The van der Waals surface area contributed by atoms with Gasteiger partial charge in [-0.3, -0.25) is 0 Å². The maximum absolute atomic E-state index is 5.33. The lowest BCUT2D eigenvalue weighted by atomic mass is 10.2. The van der Waals surface area contributed by atoms with Crippen LogP contribution in [-0.4, -0.2) is 19.2 Å². The number of anilines is 1. The second-order valence-corrected chi connectivity index (χ2v) is 6.09. The molecular formula is C15H16Br2N2O2. The van der Waals surface area contributed by atoms with Crippen molar-refractivity contribution in [2.45, 2.75) is 13.5 Å². The summed E-state index contributed by atoms with van der Waals surface area (Å²) in [5.41, 5.74) is 3.14. The third-order valence-corrected chi connectivity index (χ3v) is 4.62. The Kier molecular flexibility index (Phi) is 5.47. The van der Waals surface area contributed by atoms with Crippen LogP contribution in [0.4, 0.5) is 5.69 Å². The van der Waals surface area contributed by atoms with Gasteiger partial charge in [-0.25, -0.2) is 4.98 Å². The number of rotatable bonds is 5. The number of hydrogen-bond acceptors (Lipinski definition) is 4. The van der Waals surface area contributed by atoms with Gasteiger partial charge in [0.05, 0.1) is 26.1 Å². The number of aromatic nitrogens is 1. The summed E-state index contributed by atoms with van der Waals surface area (Å²) in [5, 5.41) is 3.35. The second kappa shape index (κ2) is 7.13. The molecule has 0 atom stereocenters. The zero-order valence-electron chi connectivity index (χ0n) is 12.0. The summed E-state index contributed by atoms with van der Waals surface area (Å²) in [6.07, 6.45) is 1.80. The predicted molar refractivity (Wildman–Crippen MR) is 91.2 cm³/mol. The second-order valence-electron chi connectivity index (χ2n) is 4.48. The first-order valence-corrected chi connectivity index (χ1v) is 7.90. The third kappa shape index (κ3) is 3.89. The van der Waals surface area contributed by atoms with Gasteiger partial charge in [0.25, 0.3) is 0 Å². The molecule has 0 radical (unpaired) electrons. The van der Waals surface area contributed by atoms with Crippen LogP contribution in [0.5, 0.6) is 11.5 Å². The molecule has 0 unspecified atom stereocenters. The van der Waals surface area contributed by atoms with Crippen LogP contribution in [0.3, 0.4) is 0 Å². The minimum Gasteiger partial charge on any atom is -0.493 e. The summed E-state index contributed by atoms with van der Waals surface area (Å²) in [4.78, 5) is 4.27. The van der Waals surface area contributed by atoms with Crippen LogP contribution in [0, 0.1) is 6.92 Å². The smallest absolute Gasteiger partial charge is 0.161 e. The summed E-state index contributed by atoms with van der Waals surface area (Å²) in [5.74, 6) is 1.41. The molecule has 0 fully saturated rings. The first kappa shape index (κ1) is 16.1. The van der Waals surface area contributed by atoms with Gasteiger partial charge in [0, 0.05) is 11.0 Å². The molecule has 0 amide bonds. The van der Waals surface area contributed by atoms with E-state index in [0.717, 1.165) is 25.9 Å². The Bertz CT molecular complexity index is 648. The first-order valence-electron chi connectivity index (χ1n) is 6.31. The van der Waals surface area contributed by atoms with Crippen LogP contribution in [0.2, 0.25) is 0 Å². The third-order valence-electron chi connectivity index (χ3n) is 3.05. The molecule has 6 heteroatoms. The maximum atomic E-state index is 5.33. The summed E-state index contributed by atoms with van der Waals surface area (Å²) in [7, 11) is 3.25. The molecule has 0 bridgehead atoms. The van der Waals surface area contributed by atoms with E-state index in [2.05, 4.69) is 42.2 Å². The number of pyridine rings is 1. The molecule has 21 heavy (non-hydrogen) atoms. The van der Waals surface area contributed by atoms with E-state index in [9.17, 15) is 0 Å². The molecule has 2 rings (SSSR count). The van der Waals surface area contributed by atoms with E-state index in [4.69, 9.17) is 9.47 Å². The number of benzene rings is 1. The minimum atomic E-state index is 0.656. The molecule has 0 aliphatic rings. The van der Waals surface area contributed by atoms with Gasteiger partial charge in [-0.1, -0.05) is 15.9 Å². The fourth-order valence-corrected chi connectivity index (χ4v) is 2.56. The Balaban J connectivity index is 2.17. The normalized spacial score (nSPS) is 10.3. The highest BCUT2D eigenvalue weighted by molar-refractivity contribution is 9.10. The SMILES string of the molecule is COc1cc(Br)c(CNc2cnc(Br)c(C)c2)cc1OC. The average Bonchev–Trinajstić information content (AvgIpc) is 2.49. The number of aryl methyl sites for hydroxylation is 1.